The maximum absolute atomic E-state index is 14.7. The van der Waals surface area contributed by atoms with E-state index in [1.807, 2.05) is 14.1 Å². The van der Waals surface area contributed by atoms with Gasteiger partial charge in [-0.3, -0.25) is 9.69 Å². The van der Waals surface area contributed by atoms with Crippen LogP contribution in [0.1, 0.15) is 6.92 Å². The average molecular weight is 399 g/mol. The van der Waals surface area contributed by atoms with Gasteiger partial charge in [0, 0.05) is 31.4 Å². The minimum absolute atomic E-state index is 0.127. The molecule has 2 atom stereocenters. The topological polar surface area (TPSA) is 101 Å². The van der Waals surface area contributed by atoms with Gasteiger partial charge in [-0.2, -0.15) is 0 Å². The van der Waals surface area contributed by atoms with E-state index in [1.54, 1.807) is 42.4 Å². The summed E-state index contributed by atoms with van der Waals surface area (Å²) in [6.07, 6.45) is 1.86. The number of primary amides is 1. The molecule has 8 nitrogen and oxygen atoms in total. The van der Waals surface area contributed by atoms with Crippen LogP contribution in [0.5, 0.6) is 0 Å². The molecule has 0 aliphatic carbocycles. The summed E-state index contributed by atoms with van der Waals surface area (Å²) in [5.41, 5.74) is 6.55. The number of hydrogen-bond acceptors (Lipinski definition) is 5. The van der Waals surface area contributed by atoms with E-state index in [0.717, 1.165) is 0 Å². The van der Waals surface area contributed by atoms with E-state index in [4.69, 9.17) is 10.5 Å². The summed E-state index contributed by atoms with van der Waals surface area (Å²) in [6, 6.07) is 7.86. The second-order valence-corrected chi connectivity index (χ2v) is 7.00. The highest BCUT2D eigenvalue weighted by atomic mass is 19.1. The molecule has 1 aromatic heterocycles. The fourth-order valence-corrected chi connectivity index (χ4v) is 2.84. The van der Waals surface area contributed by atoms with Gasteiger partial charge >= 0.3 is 6.09 Å². The molecule has 2 aromatic rings. The number of cyclic esters (lactones) is 1. The summed E-state index contributed by atoms with van der Waals surface area (Å²) < 4.78 is 19.9. The van der Waals surface area contributed by atoms with Crippen molar-refractivity contribution in [3.05, 3.63) is 42.3 Å². The number of rotatable bonds is 6. The van der Waals surface area contributed by atoms with Gasteiger partial charge in [-0.25, -0.2) is 19.2 Å². The van der Waals surface area contributed by atoms with Crippen molar-refractivity contribution in [2.24, 2.45) is 16.6 Å². The van der Waals surface area contributed by atoms with Gasteiger partial charge in [0.1, 0.15) is 11.9 Å². The SMILES string of the molecule is C[C@H](C(N)=O)C1CN(c2ccc(-c3ccc(N=CN(C)C)nc3)c(F)c2)C(=O)O1. The van der Waals surface area contributed by atoms with Crippen molar-refractivity contribution in [3.63, 3.8) is 0 Å². The maximum atomic E-state index is 14.7. The van der Waals surface area contributed by atoms with Crippen LogP contribution in [-0.4, -0.2) is 55.0 Å². The molecule has 1 fully saturated rings. The predicted molar refractivity (Wildman–Crippen MR) is 107 cm³/mol. The third-order valence-electron chi connectivity index (χ3n) is 4.59. The molecule has 0 radical (unpaired) electrons. The Balaban J connectivity index is 1.79. The monoisotopic (exact) mass is 399 g/mol. The summed E-state index contributed by atoms with van der Waals surface area (Å²) in [6.45, 7) is 1.72. The Labute approximate surface area is 167 Å². The number of ether oxygens (including phenoxy) is 1. The van der Waals surface area contributed by atoms with Crippen molar-refractivity contribution < 1.29 is 18.7 Å². The predicted octanol–water partition coefficient (Wildman–Crippen LogP) is 2.56. The minimum Gasteiger partial charge on any atom is -0.443 e. The molecule has 152 valence electrons. The van der Waals surface area contributed by atoms with E-state index in [2.05, 4.69) is 9.98 Å². The number of nitrogens with two attached hydrogens (primary N) is 1. The Morgan fingerprint density at radius 2 is 2.17 bits per heavy atom. The number of carbonyl (C=O) groups excluding carboxylic acids is 2. The molecule has 2 N–H and O–H groups in total. The number of amides is 2. The molecule has 0 saturated carbocycles. The van der Waals surface area contributed by atoms with Crippen molar-refractivity contribution in [2.75, 3.05) is 25.5 Å². The number of halogens is 1. The third-order valence-corrected chi connectivity index (χ3v) is 4.59. The Hall–Kier alpha value is -3.49. The Kier molecular flexibility index (Phi) is 5.76. The first-order valence-electron chi connectivity index (χ1n) is 9.00. The number of hydrogen-bond donors (Lipinski definition) is 1. The van der Waals surface area contributed by atoms with Gasteiger partial charge in [0.05, 0.1) is 24.5 Å². The molecule has 0 spiro atoms. The summed E-state index contributed by atoms with van der Waals surface area (Å²) in [4.78, 5) is 34.9. The highest BCUT2D eigenvalue weighted by Gasteiger charge is 2.37. The molecule has 2 heterocycles. The number of aliphatic imine (C=N–C) groups is 1. The van der Waals surface area contributed by atoms with Gasteiger partial charge in [0.15, 0.2) is 5.82 Å². The first-order chi connectivity index (χ1) is 13.8. The molecular formula is C20H22FN5O3. The molecule has 0 bridgehead atoms. The molecule has 29 heavy (non-hydrogen) atoms. The van der Waals surface area contributed by atoms with Crippen molar-refractivity contribution in [1.82, 2.24) is 9.88 Å². The van der Waals surface area contributed by atoms with Gasteiger partial charge in [-0.1, -0.05) is 0 Å². The highest BCUT2D eigenvalue weighted by Crippen LogP contribution is 2.30. The lowest BCUT2D eigenvalue weighted by Crippen LogP contribution is -2.34. The van der Waals surface area contributed by atoms with Gasteiger partial charge in [-0.15, -0.1) is 0 Å². The first kappa shape index (κ1) is 20.2. The number of aromatic nitrogens is 1. The van der Waals surface area contributed by atoms with Crippen molar-refractivity contribution in [3.8, 4) is 11.1 Å². The van der Waals surface area contributed by atoms with E-state index in [9.17, 15) is 14.0 Å². The second kappa shape index (κ2) is 8.26. The lowest BCUT2D eigenvalue weighted by molar-refractivity contribution is -0.123. The maximum Gasteiger partial charge on any atom is 0.414 e. The normalized spacial score (nSPS) is 17.4. The molecule has 1 saturated heterocycles. The fraction of sp³-hybridized carbons (Fsp3) is 0.300. The average Bonchev–Trinajstić information content (AvgIpc) is 3.07. The van der Waals surface area contributed by atoms with Crippen LogP contribution in [-0.2, 0) is 9.53 Å². The van der Waals surface area contributed by atoms with Crippen LogP contribution >= 0.6 is 0 Å². The zero-order chi connectivity index (χ0) is 21.1. The van der Waals surface area contributed by atoms with Crippen LogP contribution in [0.3, 0.4) is 0 Å². The Morgan fingerprint density at radius 1 is 1.41 bits per heavy atom. The molecule has 9 heteroatoms. The molecule has 2 amide bonds. The van der Waals surface area contributed by atoms with Crippen molar-refractivity contribution in [1.29, 1.82) is 0 Å². The molecule has 1 aromatic carbocycles. The van der Waals surface area contributed by atoms with E-state index < -0.39 is 29.8 Å². The van der Waals surface area contributed by atoms with E-state index in [-0.39, 0.29) is 6.54 Å². The number of carbonyl (C=O) groups is 2. The van der Waals surface area contributed by atoms with E-state index in [1.165, 1.54) is 17.2 Å². The highest BCUT2D eigenvalue weighted by molar-refractivity contribution is 5.91. The van der Waals surface area contributed by atoms with E-state index >= 15 is 0 Å². The largest absolute Gasteiger partial charge is 0.443 e. The lowest BCUT2D eigenvalue weighted by Gasteiger charge is -2.15. The Morgan fingerprint density at radius 3 is 2.76 bits per heavy atom. The minimum atomic E-state index is -0.665. The smallest absolute Gasteiger partial charge is 0.414 e. The summed E-state index contributed by atoms with van der Waals surface area (Å²) in [5, 5.41) is 0. The third kappa shape index (κ3) is 4.50. The number of nitrogens with zero attached hydrogens (tertiary/aromatic N) is 4. The zero-order valence-corrected chi connectivity index (χ0v) is 16.4. The van der Waals surface area contributed by atoms with Gasteiger partial charge in [-0.05, 0) is 37.3 Å². The standard InChI is InChI=1S/C20H22FN5O3/c1-12(19(22)27)17-10-26(20(28)29-17)14-5-6-15(16(21)8-14)13-4-7-18(23-9-13)24-11-25(2)3/h4-9,11-12,17H,10H2,1-3H3,(H2,22,27)/t12-,17?/m0/s1. The number of benzene rings is 1. The van der Waals surface area contributed by atoms with Gasteiger partial charge < -0.3 is 15.4 Å². The van der Waals surface area contributed by atoms with Crippen LogP contribution in [0.15, 0.2) is 41.5 Å². The zero-order valence-electron chi connectivity index (χ0n) is 16.4. The van der Waals surface area contributed by atoms with Crippen LogP contribution in [0.4, 0.5) is 20.7 Å². The molecule has 1 aliphatic rings. The van der Waals surface area contributed by atoms with Crippen LogP contribution in [0.25, 0.3) is 11.1 Å². The van der Waals surface area contributed by atoms with Gasteiger partial charge in [0.25, 0.3) is 0 Å². The summed E-state index contributed by atoms with van der Waals surface area (Å²) in [5.74, 6) is -1.19. The number of anilines is 1. The van der Waals surface area contributed by atoms with Crippen molar-refractivity contribution in [2.45, 2.75) is 13.0 Å². The molecular weight excluding hydrogens is 377 g/mol. The fourth-order valence-electron chi connectivity index (χ4n) is 2.84. The van der Waals surface area contributed by atoms with Crippen LogP contribution in [0, 0.1) is 11.7 Å². The number of pyridine rings is 1. The molecule has 1 unspecified atom stereocenters. The second-order valence-electron chi connectivity index (χ2n) is 7.00. The van der Waals surface area contributed by atoms with Crippen LogP contribution in [0.2, 0.25) is 0 Å². The van der Waals surface area contributed by atoms with E-state index in [0.29, 0.717) is 22.6 Å². The quantitative estimate of drug-likeness (QED) is 0.594. The summed E-state index contributed by atoms with van der Waals surface area (Å²) in [7, 11) is 3.70. The van der Waals surface area contributed by atoms with Gasteiger partial charge in [0.2, 0.25) is 5.91 Å². The van der Waals surface area contributed by atoms with Crippen LogP contribution < -0.4 is 10.6 Å². The lowest BCUT2D eigenvalue weighted by atomic mass is 10.0. The Bertz CT molecular complexity index is 946. The van der Waals surface area contributed by atoms with Crippen molar-refractivity contribution >= 4 is 29.8 Å². The first-order valence-corrected chi connectivity index (χ1v) is 9.00. The molecule has 1 aliphatic heterocycles. The summed E-state index contributed by atoms with van der Waals surface area (Å²) >= 11 is 0. The molecule has 3 rings (SSSR count).